The zero-order chi connectivity index (χ0) is 19.0. The van der Waals surface area contributed by atoms with E-state index in [1.54, 1.807) is 32.0 Å². The van der Waals surface area contributed by atoms with Gasteiger partial charge in [-0.2, -0.15) is 0 Å². The third-order valence-electron chi connectivity index (χ3n) is 4.07. The van der Waals surface area contributed by atoms with Gasteiger partial charge in [-0.05, 0) is 45.2 Å². The van der Waals surface area contributed by atoms with E-state index in [-0.39, 0.29) is 18.3 Å². The molecule has 0 aliphatic carbocycles. The second-order valence-corrected chi connectivity index (χ2v) is 7.33. The minimum Gasteiger partial charge on any atom is -0.507 e. The van der Waals surface area contributed by atoms with Crippen LogP contribution in [0.1, 0.15) is 45.1 Å². The van der Waals surface area contributed by atoms with Crippen LogP contribution >= 0.6 is 11.8 Å². The highest BCUT2D eigenvalue weighted by molar-refractivity contribution is 8.14. The number of phenolic OH excluding ortho intramolecular Hbond substituents is 1. The fourth-order valence-corrected chi connectivity index (χ4v) is 3.76. The van der Waals surface area contributed by atoms with Gasteiger partial charge >= 0.3 is 5.97 Å². The molecule has 1 atom stereocenters. The van der Waals surface area contributed by atoms with Crippen LogP contribution in [0.4, 0.5) is 0 Å². The van der Waals surface area contributed by atoms with E-state index in [0.29, 0.717) is 35.3 Å². The van der Waals surface area contributed by atoms with Crippen molar-refractivity contribution in [3.63, 3.8) is 0 Å². The molecule has 0 saturated carbocycles. The summed E-state index contributed by atoms with van der Waals surface area (Å²) in [7, 11) is 0. The number of rotatable bonds is 10. The van der Waals surface area contributed by atoms with Crippen molar-refractivity contribution in [2.24, 2.45) is 4.99 Å². The van der Waals surface area contributed by atoms with Gasteiger partial charge in [-0.3, -0.25) is 4.99 Å². The van der Waals surface area contributed by atoms with Crippen molar-refractivity contribution in [1.82, 2.24) is 0 Å². The van der Waals surface area contributed by atoms with Crippen LogP contribution < -0.4 is 4.74 Å². The monoisotopic (exact) mass is 381 g/mol. The fourth-order valence-electron chi connectivity index (χ4n) is 2.57. The van der Waals surface area contributed by atoms with Crippen LogP contribution in [0, 0.1) is 0 Å². The molecule has 1 heterocycles. The van der Waals surface area contributed by atoms with Crippen LogP contribution in [0.25, 0.3) is 0 Å². The van der Waals surface area contributed by atoms with Crippen molar-refractivity contribution in [3.8, 4) is 11.5 Å². The van der Waals surface area contributed by atoms with Gasteiger partial charge in [0.25, 0.3) is 0 Å². The Kier molecular flexibility index (Phi) is 7.78. The molecule has 0 bridgehead atoms. The molecular formula is C19H27NO5S. The summed E-state index contributed by atoms with van der Waals surface area (Å²) in [6, 6.07) is 5.14. The lowest BCUT2D eigenvalue weighted by Gasteiger charge is -2.16. The Labute approximate surface area is 158 Å². The number of benzene rings is 1. The van der Waals surface area contributed by atoms with Gasteiger partial charge in [0.05, 0.1) is 13.2 Å². The minimum absolute atomic E-state index is 0.0853. The maximum atomic E-state index is 12.1. The van der Waals surface area contributed by atoms with Gasteiger partial charge in [0.2, 0.25) is 0 Å². The zero-order valence-corrected chi connectivity index (χ0v) is 16.2. The predicted molar refractivity (Wildman–Crippen MR) is 103 cm³/mol. The molecule has 0 aromatic heterocycles. The highest BCUT2D eigenvalue weighted by Crippen LogP contribution is 2.36. The SMILES string of the molecule is CCOC(=O)[C@@]1(C)CSC(c2ccc(OCCCCCCO)cc2O)=N1. The summed E-state index contributed by atoms with van der Waals surface area (Å²) in [5.74, 6) is 0.836. The molecule has 144 valence electrons. The topological polar surface area (TPSA) is 88.4 Å². The van der Waals surface area contributed by atoms with Gasteiger partial charge < -0.3 is 19.7 Å². The first-order valence-electron chi connectivity index (χ1n) is 8.97. The van der Waals surface area contributed by atoms with Crippen molar-refractivity contribution in [1.29, 1.82) is 0 Å². The molecule has 1 aliphatic rings. The normalized spacial score (nSPS) is 19.3. The first kappa shape index (κ1) is 20.6. The molecule has 0 amide bonds. The van der Waals surface area contributed by atoms with Gasteiger partial charge in [-0.25, -0.2) is 4.79 Å². The summed E-state index contributed by atoms with van der Waals surface area (Å²) in [4.78, 5) is 16.5. The van der Waals surface area contributed by atoms with Crippen LogP contribution in [0.5, 0.6) is 11.5 Å². The molecule has 1 aromatic rings. The number of hydrogen-bond donors (Lipinski definition) is 2. The molecular weight excluding hydrogens is 354 g/mol. The maximum absolute atomic E-state index is 12.1. The number of hydrogen-bond acceptors (Lipinski definition) is 7. The molecule has 1 aliphatic heterocycles. The Hall–Kier alpha value is -1.73. The minimum atomic E-state index is -0.911. The van der Waals surface area contributed by atoms with E-state index in [2.05, 4.69) is 4.99 Å². The van der Waals surface area contributed by atoms with E-state index in [1.165, 1.54) is 11.8 Å². The van der Waals surface area contributed by atoms with E-state index >= 15 is 0 Å². The van der Waals surface area contributed by atoms with Gasteiger partial charge in [0.15, 0.2) is 5.54 Å². The van der Waals surface area contributed by atoms with E-state index < -0.39 is 5.54 Å². The standard InChI is InChI=1S/C19H27NO5S/c1-3-24-18(23)19(2)13-26-17(20-19)15-9-8-14(12-16(15)22)25-11-7-5-4-6-10-21/h8-9,12,21-22H,3-7,10-11,13H2,1-2H3/t19-/m1/s1. The lowest BCUT2D eigenvalue weighted by atomic mass is 10.1. The van der Waals surface area contributed by atoms with Gasteiger partial charge in [-0.15, -0.1) is 11.8 Å². The number of nitrogens with zero attached hydrogens (tertiary/aromatic N) is 1. The van der Waals surface area contributed by atoms with E-state index in [4.69, 9.17) is 14.6 Å². The summed E-state index contributed by atoms with van der Waals surface area (Å²) >= 11 is 1.43. The fraction of sp³-hybridized carbons (Fsp3) is 0.579. The Bertz CT molecular complexity index is 649. The largest absolute Gasteiger partial charge is 0.507 e. The van der Waals surface area contributed by atoms with E-state index in [9.17, 15) is 9.90 Å². The molecule has 6 nitrogen and oxygen atoms in total. The van der Waals surface area contributed by atoms with Gasteiger partial charge in [0, 0.05) is 24.0 Å². The number of esters is 1. The highest BCUT2D eigenvalue weighted by Gasteiger charge is 2.40. The highest BCUT2D eigenvalue weighted by atomic mass is 32.2. The van der Waals surface area contributed by atoms with Crippen LogP contribution in [0.3, 0.4) is 0 Å². The average molecular weight is 381 g/mol. The molecule has 1 aromatic carbocycles. The quantitative estimate of drug-likeness (QED) is 0.478. The van der Waals surface area contributed by atoms with Crippen molar-refractivity contribution >= 4 is 22.8 Å². The van der Waals surface area contributed by atoms with Crippen LogP contribution in [0.2, 0.25) is 0 Å². The number of aliphatic hydroxyl groups excluding tert-OH is 1. The maximum Gasteiger partial charge on any atom is 0.334 e. The molecule has 2 N–H and O–H groups in total. The van der Waals surface area contributed by atoms with Crippen LogP contribution in [0.15, 0.2) is 23.2 Å². The van der Waals surface area contributed by atoms with Crippen LogP contribution in [-0.2, 0) is 9.53 Å². The zero-order valence-electron chi connectivity index (χ0n) is 15.4. The smallest absolute Gasteiger partial charge is 0.334 e. The van der Waals surface area contributed by atoms with Crippen molar-refractivity contribution < 1.29 is 24.5 Å². The molecule has 0 fully saturated rings. The Morgan fingerprint density at radius 2 is 2.08 bits per heavy atom. The average Bonchev–Trinajstić information content (AvgIpc) is 3.02. The van der Waals surface area contributed by atoms with Gasteiger partial charge in [-0.1, -0.05) is 6.42 Å². The second-order valence-electron chi connectivity index (χ2n) is 6.37. The molecule has 2 rings (SSSR count). The predicted octanol–water partition coefficient (Wildman–Crippen LogP) is 3.14. The first-order valence-corrected chi connectivity index (χ1v) is 9.95. The Morgan fingerprint density at radius 3 is 2.77 bits per heavy atom. The Morgan fingerprint density at radius 1 is 1.31 bits per heavy atom. The van der Waals surface area contributed by atoms with E-state index in [0.717, 1.165) is 25.7 Å². The number of carbonyl (C=O) groups excluding carboxylic acids is 1. The van der Waals surface area contributed by atoms with Crippen molar-refractivity contribution in [3.05, 3.63) is 23.8 Å². The first-order chi connectivity index (χ1) is 12.5. The number of unbranched alkanes of at least 4 members (excludes halogenated alkanes) is 3. The number of aromatic hydroxyl groups is 1. The molecule has 0 spiro atoms. The lowest BCUT2D eigenvalue weighted by Crippen LogP contribution is -2.35. The summed E-state index contributed by atoms with van der Waals surface area (Å²) in [6.45, 7) is 4.64. The lowest BCUT2D eigenvalue weighted by molar-refractivity contribution is -0.147. The number of thioether (sulfide) groups is 1. The number of aliphatic hydroxyl groups is 1. The third-order valence-corrected chi connectivity index (χ3v) is 5.37. The molecule has 7 heteroatoms. The molecule has 0 unspecified atom stereocenters. The van der Waals surface area contributed by atoms with E-state index in [1.807, 2.05) is 0 Å². The number of carbonyl (C=O) groups is 1. The second kappa shape index (κ2) is 9.83. The Balaban J connectivity index is 1.96. The molecule has 0 radical (unpaired) electrons. The number of ether oxygens (including phenoxy) is 2. The summed E-state index contributed by atoms with van der Waals surface area (Å²) in [6.07, 6.45) is 3.72. The number of phenols is 1. The molecule has 0 saturated heterocycles. The van der Waals surface area contributed by atoms with Crippen molar-refractivity contribution in [2.75, 3.05) is 25.6 Å². The number of aliphatic imine (C=N–C) groups is 1. The van der Waals surface area contributed by atoms with Crippen LogP contribution in [-0.4, -0.2) is 52.3 Å². The molecule has 26 heavy (non-hydrogen) atoms. The van der Waals surface area contributed by atoms with Gasteiger partial charge in [0.1, 0.15) is 16.5 Å². The van der Waals surface area contributed by atoms with Crippen molar-refractivity contribution in [2.45, 2.75) is 45.1 Å². The summed E-state index contributed by atoms with van der Waals surface area (Å²) in [5, 5.41) is 19.7. The summed E-state index contributed by atoms with van der Waals surface area (Å²) in [5.41, 5.74) is -0.315. The third kappa shape index (κ3) is 5.38. The summed E-state index contributed by atoms with van der Waals surface area (Å²) < 4.78 is 10.7.